The molecule has 0 aliphatic carbocycles. The fourth-order valence-corrected chi connectivity index (χ4v) is 3.23. The van der Waals surface area contributed by atoms with Gasteiger partial charge in [-0.1, -0.05) is 42.5 Å². The summed E-state index contributed by atoms with van der Waals surface area (Å²) in [5, 5.41) is 3.35. The Kier molecular flexibility index (Phi) is 5.49. The molecule has 0 saturated carbocycles. The molecule has 0 aliphatic heterocycles. The summed E-state index contributed by atoms with van der Waals surface area (Å²) >= 11 is 0. The minimum absolute atomic E-state index is 0.205. The molecular formula is C24H18N2O5. The number of carbonyl (C=O) groups excluding carboxylic acids is 2. The zero-order chi connectivity index (χ0) is 21.8. The van der Waals surface area contributed by atoms with Gasteiger partial charge in [-0.3, -0.25) is 9.59 Å². The van der Waals surface area contributed by atoms with Gasteiger partial charge in [-0.25, -0.2) is 4.79 Å². The quantitative estimate of drug-likeness (QED) is 0.469. The third kappa shape index (κ3) is 4.45. The zero-order valence-corrected chi connectivity index (χ0v) is 16.3. The smallest absolute Gasteiger partial charge is 0.336 e. The summed E-state index contributed by atoms with van der Waals surface area (Å²) in [4.78, 5) is 35.8. The summed E-state index contributed by atoms with van der Waals surface area (Å²) in [5.74, 6) is -0.747. The number of anilines is 1. The first-order valence-electron chi connectivity index (χ1n) is 9.46. The molecule has 0 bridgehead atoms. The predicted octanol–water partition coefficient (Wildman–Crippen LogP) is 3.58. The Morgan fingerprint density at radius 2 is 1.68 bits per heavy atom. The van der Waals surface area contributed by atoms with Crippen molar-refractivity contribution < 1.29 is 18.7 Å². The molecule has 0 atom stereocenters. The van der Waals surface area contributed by atoms with Gasteiger partial charge >= 0.3 is 5.63 Å². The summed E-state index contributed by atoms with van der Waals surface area (Å²) in [7, 11) is 0. The molecule has 1 heterocycles. The van der Waals surface area contributed by atoms with Gasteiger partial charge in [-0.05, 0) is 35.4 Å². The first-order valence-corrected chi connectivity index (χ1v) is 9.46. The van der Waals surface area contributed by atoms with Crippen LogP contribution in [0.1, 0.15) is 10.4 Å². The maximum atomic E-state index is 12.3. The lowest BCUT2D eigenvalue weighted by molar-refractivity contribution is -0.118. The Morgan fingerprint density at radius 3 is 2.45 bits per heavy atom. The molecule has 4 aromatic rings. The lowest BCUT2D eigenvalue weighted by Crippen LogP contribution is -2.22. The fraction of sp³-hybridized carbons (Fsp3) is 0.0417. The van der Waals surface area contributed by atoms with Gasteiger partial charge in [0.15, 0.2) is 6.61 Å². The van der Waals surface area contributed by atoms with E-state index in [0.717, 1.165) is 16.5 Å². The Bertz CT molecular complexity index is 1330. The number of nitrogens with one attached hydrogen (secondary N) is 1. The van der Waals surface area contributed by atoms with Crippen molar-refractivity contribution in [2.24, 2.45) is 5.73 Å². The van der Waals surface area contributed by atoms with Crippen LogP contribution in [0.2, 0.25) is 0 Å². The van der Waals surface area contributed by atoms with Gasteiger partial charge in [0, 0.05) is 17.5 Å². The summed E-state index contributed by atoms with van der Waals surface area (Å²) in [6.07, 6.45) is 0. The second-order valence-corrected chi connectivity index (χ2v) is 6.75. The third-order valence-electron chi connectivity index (χ3n) is 4.64. The molecule has 0 spiro atoms. The van der Waals surface area contributed by atoms with Gasteiger partial charge < -0.3 is 20.2 Å². The lowest BCUT2D eigenvalue weighted by atomic mass is 10.0. The number of primary amides is 1. The first kappa shape index (κ1) is 19.9. The molecule has 7 nitrogen and oxygen atoms in total. The highest BCUT2D eigenvalue weighted by Gasteiger charge is 2.12. The van der Waals surface area contributed by atoms with Crippen molar-refractivity contribution in [1.29, 1.82) is 0 Å². The molecule has 0 fully saturated rings. The van der Waals surface area contributed by atoms with Crippen LogP contribution in [0.25, 0.3) is 22.1 Å². The van der Waals surface area contributed by atoms with Crippen molar-refractivity contribution in [2.45, 2.75) is 0 Å². The number of fused-ring (bicyclic) bond motifs is 1. The number of rotatable bonds is 6. The van der Waals surface area contributed by atoms with Crippen LogP contribution < -0.4 is 21.4 Å². The van der Waals surface area contributed by atoms with E-state index in [1.54, 1.807) is 36.4 Å². The van der Waals surface area contributed by atoms with E-state index < -0.39 is 17.4 Å². The van der Waals surface area contributed by atoms with E-state index in [1.807, 2.05) is 30.3 Å². The molecule has 4 rings (SSSR count). The van der Waals surface area contributed by atoms with Crippen LogP contribution >= 0.6 is 0 Å². The third-order valence-corrected chi connectivity index (χ3v) is 4.64. The molecular weight excluding hydrogens is 396 g/mol. The van der Waals surface area contributed by atoms with Crippen molar-refractivity contribution in [2.75, 3.05) is 11.9 Å². The number of para-hydroxylation sites is 1. The van der Waals surface area contributed by atoms with Crippen molar-refractivity contribution in [3.8, 4) is 16.9 Å². The number of hydrogen-bond acceptors (Lipinski definition) is 5. The standard InChI is InChI=1S/C24H18N2O5/c25-24(29)18-8-4-5-9-20(18)26-22(27)14-30-16-10-11-17-19(15-6-2-1-3-7-15)13-23(28)31-21(17)12-16/h1-13H,14H2,(H2,25,29)(H,26,27). The van der Waals surface area contributed by atoms with Crippen LogP contribution in [-0.4, -0.2) is 18.4 Å². The van der Waals surface area contributed by atoms with Gasteiger partial charge in [0.05, 0.1) is 11.3 Å². The Hall–Kier alpha value is -4.39. The molecule has 0 radical (unpaired) electrons. The second kappa shape index (κ2) is 8.54. The van der Waals surface area contributed by atoms with Gasteiger partial charge in [-0.2, -0.15) is 0 Å². The molecule has 2 amide bonds. The molecule has 154 valence electrons. The van der Waals surface area contributed by atoms with Gasteiger partial charge in [0.2, 0.25) is 0 Å². The van der Waals surface area contributed by atoms with Crippen molar-refractivity contribution in [1.82, 2.24) is 0 Å². The highest BCUT2D eigenvalue weighted by molar-refractivity contribution is 6.03. The van der Waals surface area contributed by atoms with Gasteiger partial charge in [-0.15, -0.1) is 0 Å². The molecule has 0 unspecified atom stereocenters. The minimum atomic E-state index is -0.643. The number of amides is 2. The summed E-state index contributed by atoms with van der Waals surface area (Å²) < 4.78 is 10.9. The van der Waals surface area contributed by atoms with Crippen LogP contribution in [0, 0.1) is 0 Å². The first-order chi connectivity index (χ1) is 15.0. The second-order valence-electron chi connectivity index (χ2n) is 6.75. The van der Waals surface area contributed by atoms with Gasteiger partial charge in [0.1, 0.15) is 11.3 Å². The van der Waals surface area contributed by atoms with Crippen LogP contribution in [0.3, 0.4) is 0 Å². The molecule has 3 aromatic carbocycles. The van der Waals surface area contributed by atoms with E-state index in [1.165, 1.54) is 12.1 Å². The average Bonchev–Trinajstić information content (AvgIpc) is 2.77. The van der Waals surface area contributed by atoms with Crippen LogP contribution in [0.4, 0.5) is 5.69 Å². The van der Waals surface area contributed by atoms with Crippen LogP contribution in [0.5, 0.6) is 5.75 Å². The van der Waals surface area contributed by atoms with Gasteiger partial charge in [0.25, 0.3) is 11.8 Å². The lowest BCUT2D eigenvalue weighted by Gasteiger charge is -2.11. The number of benzene rings is 3. The van der Waals surface area contributed by atoms with E-state index in [2.05, 4.69) is 5.32 Å². The van der Waals surface area contributed by atoms with Crippen LogP contribution in [-0.2, 0) is 4.79 Å². The minimum Gasteiger partial charge on any atom is -0.484 e. The fourth-order valence-electron chi connectivity index (χ4n) is 3.23. The Morgan fingerprint density at radius 1 is 0.935 bits per heavy atom. The molecule has 1 aromatic heterocycles. The van der Waals surface area contributed by atoms with E-state index in [4.69, 9.17) is 14.9 Å². The van der Waals surface area contributed by atoms with Crippen molar-refractivity contribution in [3.05, 3.63) is 94.8 Å². The molecule has 31 heavy (non-hydrogen) atoms. The monoisotopic (exact) mass is 414 g/mol. The number of ether oxygens (including phenoxy) is 1. The normalized spacial score (nSPS) is 10.6. The number of hydrogen-bond donors (Lipinski definition) is 2. The number of nitrogens with two attached hydrogens (primary N) is 1. The Labute approximate surface area is 177 Å². The number of carbonyl (C=O) groups is 2. The summed E-state index contributed by atoms with van der Waals surface area (Å²) in [6.45, 7) is -0.304. The van der Waals surface area contributed by atoms with Crippen molar-refractivity contribution in [3.63, 3.8) is 0 Å². The maximum Gasteiger partial charge on any atom is 0.336 e. The van der Waals surface area contributed by atoms with Crippen LogP contribution in [0.15, 0.2) is 88.1 Å². The highest BCUT2D eigenvalue weighted by Crippen LogP contribution is 2.29. The highest BCUT2D eigenvalue weighted by atomic mass is 16.5. The maximum absolute atomic E-state index is 12.3. The molecule has 3 N–H and O–H groups in total. The topological polar surface area (TPSA) is 112 Å². The molecule has 7 heteroatoms. The molecule has 0 saturated heterocycles. The summed E-state index contributed by atoms with van der Waals surface area (Å²) in [6, 6.07) is 22.4. The van der Waals surface area contributed by atoms with Crippen molar-refractivity contribution >= 4 is 28.5 Å². The van der Waals surface area contributed by atoms with E-state index in [-0.39, 0.29) is 12.2 Å². The largest absolute Gasteiger partial charge is 0.484 e. The SMILES string of the molecule is NC(=O)c1ccccc1NC(=O)COc1ccc2c(-c3ccccc3)cc(=O)oc2c1. The zero-order valence-electron chi connectivity index (χ0n) is 16.3. The van der Waals surface area contributed by atoms with E-state index in [9.17, 15) is 14.4 Å². The predicted molar refractivity (Wildman–Crippen MR) is 117 cm³/mol. The van der Waals surface area contributed by atoms with E-state index in [0.29, 0.717) is 17.0 Å². The summed E-state index contributed by atoms with van der Waals surface area (Å²) in [5.41, 5.74) is 7.34. The molecule has 0 aliphatic rings. The average molecular weight is 414 g/mol. The Balaban J connectivity index is 1.53. The van der Waals surface area contributed by atoms with E-state index >= 15 is 0 Å².